The Kier molecular flexibility index (Phi) is 5.19. The van der Waals surface area contributed by atoms with E-state index < -0.39 is 26.8 Å². The van der Waals surface area contributed by atoms with Crippen LogP contribution in [-0.2, 0) is 14.6 Å². The number of nitrogens with zero attached hydrogens (tertiary/aromatic N) is 1. The van der Waals surface area contributed by atoms with Crippen molar-refractivity contribution in [1.29, 1.82) is 0 Å². The van der Waals surface area contributed by atoms with Crippen LogP contribution >= 0.6 is 11.6 Å². The van der Waals surface area contributed by atoms with Crippen LogP contribution in [0.25, 0.3) is 10.9 Å². The van der Waals surface area contributed by atoms with Crippen molar-refractivity contribution in [3.8, 4) is 0 Å². The summed E-state index contributed by atoms with van der Waals surface area (Å²) in [5, 5.41) is 0.259. The van der Waals surface area contributed by atoms with Crippen LogP contribution in [0.5, 0.6) is 0 Å². The number of aromatic nitrogens is 1. The molecule has 29 heavy (non-hydrogen) atoms. The summed E-state index contributed by atoms with van der Waals surface area (Å²) in [6, 6.07) is 14.1. The number of amides is 1. The molecule has 1 amide bonds. The second kappa shape index (κ2) is 7.65. The number of rotatable bonds is 3. The highest BCUT2D eigenvalue weighted by Gasteiger charge is 2.35. The van der Waals surface area contributed by atoms with Gasteiger partial charge in [0.1, 0.15) is 0 Å². The van der Waals surface area contributed by atoms with Gasteiger partial charge in [0.2, 0.25) is 0 Å². The summed E-state index contributed by atoms with van der Waals surface area (Å²) in [5.41, 5.74) is 1.59. The fraction of sp³-hybridized carbons (Fsp3) is 0.238. The average Bonchev–Trinajstić information content (AvgIpc) is 3.07. The molecule has 8 heteroatoms. The molecule has 1 fully saturated rings. The lowest BCUT2D eigenvalue weighted by Crippen LogP contribution is -2.38. The van der Waals surface area contributed by atoms with Crippen LogP contribution in [0, 0.1) is 0 Å². The van der Waals surface area contributed by atoms with Crippen LogP contribution in [-0.4, -0.2) is 48.8 Å². The van der Waals surface area contributed by atoms with Gasteiger partial charge in [0.25, 0.3) is 11.7 Å². The number of para-hydroxylation sites is 1. The van der Waals surface area contributed by atoms with E-state index in [0.29, 0.717) is 21.5 Å². The number of ketones is 1. The van der Waals surface area contributed by atoms with E-state index in [1.165, 1.54) is 11.1 Å². The Hall–Kier alpha value is -2.64. The third-order valence-electron chi connectivity index (χ3n) is 5.31. The number of hydrogen-bond acceptors (Lipinski definition) is 4. The van der Waals surface area contributed by atoms with E-state index in [1.807, 2.05) is 12.1 Å². The van der Waals surface area contributed by atoms with Crippen LogP contribution in [0.15, 0.2) is 54.7 Å². The van der Waals surface area contributed by atoms with Crippen molar-refractivity contribution in [3.63, 3.8) is 0 Å². The number of aromatic amines is 1. The molecule has 1 aliphatic rings. The van der Waals surface area contributed by atoms with Gasteiger partial charge in [-0.1, -0.05) is 48.0 Å². The Morgan fingerprint density at radius 2 is 1.76 bits per heavy atom. The lowest BCUT2D eigenvalue weighted by molar-refractivity contribution is -0.126. The van der Waals surface area contributed by atoms with Crippen molar-refractivity contribution >= 4 is 44.0 Å². The highest BCUT2D eigenvalue weighted by Crippen LogP contribution is 2.34. The first-order valence-corrected chi connectivity index (χ1v) is 11.3. The van der Waals surface area contributed by atoms with Gasteiger partial charge in [-0.15, -0.1) is 0 Å². The summed E-state index contributed by atoms with van der Waals surface area (Å²) in [4.78, 5) is 30.0. The lowest BCUT2D eigenvalue weighted by atomic mass is 10.1. The molecule has 1 saturated heterocycles. The molecule has 2 heterocycles. The third kappa shape index (κ3) is 3.68. The molecule has 0 spiro atoms. The first-order chi connectivity index (χ1) is 13.9. The van der Waals surface area contributed by atoms with Gasteiger partial charge in [0.15, 0.2) is 9.84 Å². The van der Waals surface area contributed by atoms with Gasteiger partial charge >= 0.3 is 0 Å². The zero-order chi connectivity index (χ0) is 20.6. The van der Waals surface area contributed by atoms with Crippen LogP contribution < -0.4 is 0 Å². The van der Waals surface area contributed by atoms with Crippen LogP contribution in [0.2, 0.25) is 5.02 Å². The highest BCUT2D eigenvalue weighted by atomic mass is 35.5. The number of fused-ring (bicyclic) bond motifs is 1. The lowest BCUT2D eigenvalue weighted by Gasteiger charge is -2.19. The molecule has 1 aromatic heterocycles. The second-order valence-corrected chi connectivity index (χ2v) is 9.75. The van der Waals surface area contributed by atoms with E-state index in [0.717, 1.165) is 5.52 Å². The van der Waals surface area contributed by atoms with E-state index in [-0.39, 0.29) is 25.3 Å². The number of hydrogen-bond donors (Lipinski definition) is 1. The fourth-order valence-corrected chi connectivity index (χ4v) is 5.90. The molecule has 0 aliphatic carbocycles. The Bertz CT molecular complexity index is 1200. The number of benzene rings is 2. The smallest absolute Gasteiger partial charge is 0.295 e. The summed E-state index contributed by atoms with van der Waals surface area (Å²) in [5.74, 6) is -1.55. The van der Waals surface area contributed by atoms with Crippen molar-refractivity contribution in [3.05, 3.63) is 70.9 Å². The maximum atomic E-state index is 12.9. The van der Waals surface area contributed by atoms with Crippen molar-refractivity contribution in [2.24, 2.45) is 0 Å². The van der Waals surface area contributed by atoms with E-state index in [9.17, 15) is 18.0 Å². The largest absolute Gasteiger partial charge is 0.360 e. The Balaban J connectivity index is 1.58. The molecule has 4 rings (SSSR count). The molecular weight excluding hydrogens is 412 g/mol. The van der Waals surface area contributed by atoms with Gasteiger partial charge in [-0.3, -0.25) is 9.59 Å². The molecule has 150 valence electrons. The Morgan fingerprint density at radius 3 is 2.55 bits per heavy atom. The number of carbonyl (C=O) groups excluding carboxylic acids is 2. The normalized spacial score (nSPS) is 19.1. The zero-order valence-electron chi connectivity index (χ0n) is 15.5. The van der Waals surface area contributed by atoms with Gasteiger partial charge < -0.3 is 9.88 Å². The Labute approximate surface area is 173 Å². The van der Waals surface area contributed by atoms with Gasteiger partial charge in [-0.05, 0) is 24.1 Å². The molecule has 6 nitrogen and oxygen atoms in total. The van der Waals surface area contributed by atoms with E-state index in [1.54, 1.807) is 36.4 Å². The quantitative estimate of drug-likeness (QED) is 0.509. The molecular formula is C21H19ClN2O4S. The summed E-state index contributed by atoms with van der Waals surface area (Å²) in [6.45, 7) is 0.151. The van der Waals surface area contributed by atoms with E-state index >= 15 is 0 Å². The van der Waals surface area contributed by atoms with Crippen LogP contribution in [0.3, 0.4) is 0 Å². The monoisotopic (exact) mass is 430 g/mol. The molecule has 3 aromatic rings. The molecule has 0 saturated carbocycles. The number of sulfone groups is 1. The summed E-state index contributed by atoms with van der Waals surface area (Å²) >= 11 is 6.21. The number of nitrogens with one attached hydrogen (secondary N) is 1. The summed E-state index contributed by atoms with van der Waals surface area (Å²) < 4.78 is 25.6. The zero-order valence-corrected chi connectivity index (χ0v) is 17.0. The summed E-state index contributed by atoms with van der Waals surface area (Å²) in [6.07, 6.45) is 1.71. The number of halogens is 1. The molecule has 1 aliphatic heterocycles. The van der Waals surface area contributed by atoms with Crippen LogP contribution in [0.1, 0.15) is 27.6 Å². The minimum Gasteiger partial charge on any atom is -0.360 e. The second-order valence-electron chi connectivity index (χ2n) is 7.04. The predicted octanol–water partition coefficient (Wildman–Crippen LogP) is 3.39. The maximum Gasteiger partial charge on any atom is 0.295 e. The number of Topliss-reactive ketones (excluding diaryl/α,β-unsaturated/α-hetero) is 1. The number of carbonyl (C=O) groups is 2. The van der Waals surface area contributed by atoms with Gasteiger partial charge in [-0.25, -0.2) is 8.42 Å². The molecule has 1 N–H and O–H groups in total. The van der Waals surface area contributed by atoms with Crippen LogP contribution in [0.4, 0.5) is 0 Å². The third-order valence-corrected chi connectivity index (χ3v) is 7.76. The SMILES string of the molecule is O=C(C(=O)N1CCC(c2ccccc2Cl)S(=O)(=O)CC1)c1c[nH]c2ccccc12. The maximum absolute atomic E-state index is 12.9. The van der Waals surface area contributed by atoms with E-state index in [2.05, 4.69) is 4.98 Å². The molecule has 0 bridgehead atoms. The topological polar surface area (TPSA) is 87.3 Å². The van der Waals surface area contributed by atoms with Gasteiger partial charge in [-0.2, -0.15) is 0 Å². The molecule has 1 atom stereocenters. The highest BCUT2D eigenvalue weighted by molar-refractivity contribution is 7.91. The minimum absolute atomic E-state index is 0.0176. The van der Waals surface area contributed by atoms with Crippen molar-refractivity contribution < 1.29 is 18.0 Å². The predicted molar refractivity (Wildman–Crippen MR) is 112 cm³/mol. The standard InChI is InChI=1S/C21H19ClN2O4S/c22-17-7-3-1-6-15(17)19-9-10-24(11-12-29(19,27)28)21(26)20(25)16-13-23-18-8-4-2-5-14(16)18/h1-8,13,19,23H,9-12H2. The first-order valence-electron chi connectivity index (χ1n) is 9.24. The Morgan fingerprint density at radius 1 is 1.03 bits per heavy atom. The van der Waals surface area contributed by atoms with E-state index in [4.69, 9.17) is 11.6 Å². The average molecular weight is 431 g/mol. The number of H-pyrrole nitrogens is 1. The minimum atomic E-state index is -3.51. The fourth-order valence-electron chi connectivity index (χ4n) is 3.75. The summed E-state index contributed by atoms with van der Waals surface area (Å²) in [7, 11) is -3.51. The van der Waals surface area contributed by atoms with Gasteiger partial charge in [0.05, 0.1) is 16.6 Å². The molecule has 0 radical (unpaired) electrons. The molecule has 2 aromatic carbocycles. The van der Waals surface area contributed by atoms with Crippen molar-refractivity contribution in [2.75, 3.05) is 18.8 Å². The first kappa shape index (κ1) is 19.7. The van der Waals surface area contributed by atoms with Crippen molar-refractivity contribution in [1.82, 2.24) is 9.88 Å². The van der Waals surface area contributed by atoms with Gasteiger partial charge in [0, 0.05) is 35.2 Å². The van der Waals surface area contributed by atoms with Crippen molar-refractivity contribution in [2.45, 2.75) is 11.7 Å². The molecule has 1 unspecified atom stereocenters.